The summed E-state index contributed by atoms with van der Waals surface area (Å²) in [6.07, 6.45) is 4.15. The van der Waals surface area contributed by atoms with Crippen molar-refractivity contribution in [3.8, 4) is 0 Å². The Morgan fingerprint density at radius 2 is 1.96 bits per heavy atom. The highest BCUT2D eigenvalue weighted by Crippen LogP contribution is 2.24. The first kappa shape index (κ1) is 18.0. The fourth-order valence-corrected chi connectivity index (χ4v) is 3.63. The van der Waals surface area contributed by atoms with Gasteiger partial charge < -0.3 is 10.2 Å². The lowest BCUT2D eigenvalue weighted by atomic mass is 10.1. The first-order chi connectivity index (χ1) is 11.9. The first-order valence-corrected chi connectivity index (χ1v) is 9.49. The van der Waals surface area contributed by atoms with Crippen molar-refractivity contribution in [1.29, 1.82) is 0 Å². The summed E-state index contributed by atoms with van der Waals surface area (Å²) in [6, 6.07) is 0.0447. The maximum atomic E-state index is 12.9. The summed E-state index contributed by atoms with van der Waals surface area (Å²) >= 11 is 0. The van der Waals surface area contributed by atoms with Gasteiger partial charge >= 0.3 is 0 Å². The number of nitrogens with one attached hydrogen (secondary N) is 1. The van der Waals surface area contributed by atoms with E-state index < -0.39 is 0 Å². The van der Waals surface area contributed by atoms with Crippen LogP contribution in [0.25, 0.3) is 0 Å². The molecule has 2 fully saturated rings. The molecule has 1 saturated heterocycles. The molecular weight excluding hydrogens is 316 g/mol. The number of carbonyl (C=O) groups excluding carboxylic acids is 2. The zero-order chi connectivity index (χ0) is 18.1. The van der Waals surface area contributed by atoms with E-state index in [1.165, 1.54) is 0 Å². The van der Waals surface area contributed by atoms with Crippen molar-refractivity contribution >= 4 is 11.8 Å². The highest BCUT2D eigenvalue weighted by Gasteiger charge is 2.36. The Morgan fingerprint density at radius 1 is 1.24 bits per heavy atom. The van der Waals surface area contributed by atoms with Crippen molar-refractivity contribution in [2.75, 3.05) is 6.54 Å². The third-order valence-electron chi connectivity index (χ3n) is 5.20. The van der Waals surface area contributed by atoms with E-state index in [2.05, 4.69) is 24.3 Å². The molecule has 25 heavy (non-hydrogen) atoms. The molecule has 0 spiro atoms. The zero-order valence-electron chi connectivity index (χ0n) is 15.8. The summed E-state index contributed by atoms with van der Waals surface area (Å²) in [5.74, 6) is 0.580. The minimum Gasteiger partial charge on any atom is -0.352 e. The Balaban J connectivity index is 1.68. The second-order valence-corrected chi connectivity index (χ2v) is 7.93. The van der Waals surface area contributed by atoms with Crippen LogP contribution in [-0.2, 0) is 22.6 Å². The van der Waals surface area contributed by atoms with Crippen LogP contribution < -0.4 is 5.32 Å². The predicted octanol–water partition coefficient (Wildman–Crippen LogP) is 1.97. The number of nitrogens with zero attached hydrogens (tertiary/aromatic N) is 3. The number of rotatable bonds is 6. The van der Waals surface area contributed by atoms with Crippen LogP contribution in [-0.4, -0.2) is 45.1 Å². The van der Waals surface area contributed by atoms with Gasteiger partial charge in [0.25, 0.3) is 0 Å². The van der Waals surface area contributed by atoms with Gasteiger partial charge in [-0.2, -0.15) is 5.10 Å². The molecular formula is C19H30N4O2. The monoisotopic (exact) mass is 346 g/mol. The summed E-state index contributed by atoms with van der Waals surface area (Å²) in [6.45, 7) is 9.86. The lowest BCUT2D eigenvalue weighted by molar-refractivity contribution is -0.138. The molecule has 6 nitrogen and oxygen atoms in total. The van der Waals surface area contributed by atoms with Crippen LogP contribution in [0.1, 0.15) is 56.5 Å². The van der Waals surface area contributed by atoms with Crippen molar-refractivity contribution < 1.29 is 9.59 Å². The van der Waals surface area contributed by atoms with Gasteiger partial charge in [0.05, 0.1) is 12.1 Å². The third-order valence-corrected chi connectivity index (χ3v) is 5.20. The summed E-state index contributed by atoms with van der Waals surface area (Å²) in [7, 11) is 0. The lowest BCUT2D eigenvalue weighted by Gasteiger charge is -2.24. The maximum absolute atomic E-state index is 12.9. The molecule has 0 unspecified atom stereocenters. The van der Waals surface area contributed by atoms with Crippen LogP contribution in [0, 0.1) is 19.8 Å². The van der Waals surface area contributed by atoms with Crippen molar-refractivity contribution in [2.24, 2.45) is 5.92 Å². The summed E-state index contributed by atoms with van der Waals surface area (Å²) in [5, 5.41) is 7.64. The van der Waals surface area contributed by atoms with Crippen LogP contribution in [0.15, 0.2) is 0 Å². The zero-order valence-corrected chi connectivity index (χ0v) is 15.8. The summed E-state index contributed by atoms with van der Waals surface area (Å²) in [4.78, 5) is 27.1. The van der Waals surface area contributed by atoms with E-state index in [1.54, 1.807) is 4.90 Å². The Morgan fingerprint density at radius 3 is 2.60 bits per heavy atom. The minimum atomic E-state index is -0.292. The molecule has 0 bridgehead atoms. The average molecular weight is 346 g/mol. The molecule has 6 heteroatoms. The molecule has 3 rings (SSSR count). The Hall–Kier alpha value is -1.85. The Labute approximate surface area is 149 Å². The van der Waals surface area contributed by atoms with Crippen LogP contribution in [0.4, 0.5) is 0 Å². The van der Waals surface area contributed by atoms with Gasteiger partial charge in [-0.1, -0.05) is 13.8 Å². The standard InChI is InChI=1S/C19H30N4O2/c1-12(2)11-23-14(4)16(13(3)21-23)10-18(24)22-9-5-6-17(22)19(25)20-15-7-8-15/h12,15,17H,5-11H2,1-4H3,(H,20,25)/t17-/m0/s1. The normalized spacial score (nSPS) is 20.4. The topological polar surface area (TPSA) is 67.2 Å². The molecule has 1 aromatic heterocycles. The number of carbonyl (C=O) groups is 2. The molecule has 2 heterocycles. The van der Waals surface area contributed by atoms with E-state index in [9.17, 15) is 9.59 Å². The van der Waals surface area contributed by atoms with E-state index in [0.29, 0.717) is 24.9 Å². The van der Waals surface area contributed by atoms with Crippen molar-refractivity contribution in [3.05, 3.63) is 17.0 Å². The van der Waals surface area contributed by atoms with Gasteiger partial charge in [-0.3, -0.25) is 14.3 Å². The highest BCUT2D eigenvalue weighted by atomic mass is 16.2. The number of hydrogen-bond acceptors (Lipinski definition) is 3. The fourth-order valence-electron chi connectivity index (χ4n) is 3.63. The van der Waals surface area contributed by atoms with E-state index in [4.69, 9.17) is 0 Å². The SMILES string of the molecule is Cc1nn(CC(C)C)c(C)c1CC(=O)N1CCC[C@H]1C(=O)NC1CC1. The molecule has 2 aliphatic rings. The summed E-state index contributed by atoms with van der Waals surface area (Å²) in [5.41, 5.74) is 3.00. The molecule has 0 aromatic carbocycles. The fraction of sp³-hybridized carbons (Fsp3) is 0.737. The molecule has 1 aliphatic carbocycles. The smallest absolute Gasteiger partial charge is 0.243 e. The molecule has 138 valence electrons. The van der Waals surface area contributed by atoms with Gasteiger partial charge in [0.1, 0.15) is 6.04 Å². The molecule has 1 N–H and O–H groups in total. The van der Waals surface area contributed by atoms with Gasteiger partial charge in [0.2, 0.25) is 11.8 Å². The largest absolute Gasteiger partial charge is 0.352 e. The van der Waals surface area contributed by atoms with Crippen molar-refractivity contribution in [3.63, 3.8) is 0 Å². The number of hydrogen-bond donors (Lipinski definition) is 1. The van der Waals surface area contributed by atoms with E-state index in [1.807, 2.05) is 18.5 Å². The van der Waals surface area contributed by atoms with Gasteiger partial charge in [-0.15, -0.1) is 0 Å². The number of amides is 2. The van der Waals surface area contributed by atoms with E-state index >= 15 is 0 Å². The van der Waals surface area contributed by atoms with Crippen LogP contribution in [0.2, 0.25) is 0 Å². The van der Waals surface area contributed by atoms with Crippen molar-refractivity contribution in [1.82, 2.24) is 20.0 Å². The molecule has 2 amide bonds. The Kier molecular flexibility index (Phi) is 5.16. The average Bonchev–Trinajstić information content (AvgIpc) is 3.14. The highest BCUT2D eigenvalue weighted by molar-refractivity contribution is 5.89. The van der Waals surface area contributed by atoms with Gasteiger partial charge in [-0.05, 0) is 45.4 Å². The van der Waals surface area contributed by atoms with E-state index in [0.717, 1.165) is 49.2 Å². The number of aromatic nitrogens is 2. The predicted molar refractivity (Wildman–Crippen MR) is 96.1 cm³/mol. The van der Waals surface area contributed by atoms with Crippen LogP contribution in [0.3, 0.4) is 0 Å². The summed E-state index contributed by atoms with van der Waals surface area (Å²) < 4.78 is 2.00. The maximum Gasteiger partial charge on any atom is 0.243 e. The Bertz CT molecular complexity index is 661. The minimum absolute atomic E-state index is 0.0253. The van der Waals surface area contributed by atoms with Crippen LogP contribution in [0.5, 0.6) is 0 Å². The van der Waals surface area contributed by atoms with Gasteiger partial charge in [0.15, 0.2) is 0 Å². The second kappa shape index (κ2) is 7.18. The van der Waals surface area contributed by atoms with Crippen LogP contribution >= 0.6 is 0 Å². The van der Waals surface area contributed by atoms with Gasteiger partial charge in [0, 0.05) is 30.4 Å². The third kappa shape index (κ3) is 4.05. The number of aryl methyl sites for hydroxylation is 1. The second-order valence-electron chi connectivity index (χ2n) is 7.93. The molecule has 1 aromatic rings. The molecule has 1 aliphatic heterocycles. The number of likely N-dealkylation sites (tertiary alicyclic amines) is 1. The van der Waals surface area contributed by atoms with Crippen molar-refractivity contribution in [2.45, 2.75) is 78.4 Å². The molecule has 1 saturated carbocycles. The van der Waals surface area contributed by atoms with E-state index in [-0.39, 0.29) is 17.9 Å². The lowest BCUT2D eigenvalue weighted by Crippen LogP contribution is -2.47. The molecule has 0 radical (unpaired) electrons. The molecule has 1 atom stereocenters. The quantitative estimate of drug-likeness (QED) is 0.856. The first-order valence-electron chi connectivity index (χ1n) is 9.49. The van der Waals surface area contributed by atoms with Gasteiger partial charge in [-0.25, -0.2) is 0 Å².